The minimum absolute atomic E-state index is 0.00657. The zero-order valence-corrected chi connectivity index (χ0v) is 13.9. The number of azo groups is 1. The molecule has 23 heavy (non-hydrogen) atoms. The molecule has 0 fully saturated rings. The van der Waals surface area contributed by atoms with Crippen LogP contribution in [0.3, 0.4) is 0 Å². The van der Waals surface area contributed by atoms with Crippen molar-refractivity contribution in [1.29, 1.82) is 5.26 Å². The lowest BCUT2D eigenvalue weighted by atomic mass is 9.93. The highest BCUT2D eigenvalue weighted by Crippen LogP contribution is 2.46. The van der Waals surface area contributed by atoms with Crippen molar-refractivity contribution in [2.75, 3.05) is 5.75 Å². The van der Waals surface area contributed by atoms with E-state index in [1.807, 2.05) is 13.0 Å². The fraction of sp³-hybridized carbons (Fsp3) is 0.308. The number of rotatable bonds is 3. The third-order valence-electron chi connectivity index (χ3n) is 3.04. The van der Waals surface area contributed by atoms with Gasteiger partial charge >= 0.3 is 6.18 Å². The summed E-state index contributed by atoms with van der Waals surface area (Å²) in [6, 6.07) is 3.30. The maximum absolute atomic E-state index is 12.8. The Kier molecular flexibility index (Phi) is 4.97. The predicted molar refractivity (Wildman–Crippen MR) is 83.0 cm³/mol. The molecular formula is C13H9Cl2F3N4S. The number of nitriles is 1. The van der Waals surface area contributed by atoms with Crippen molar-refractivity contribution in [3.05, 3.63) is 43.9 Å². The van der Waals surface area contributed by atoms with E-state index in [1.54, 1.807) is 0 Å². The largest absolute Gasteiger partial charge is 0.416 e. The zero-order valence-electron chi connectivity index (χ0n) is 11.6. The van der Waals surface area contributed by atoms with Crippen LogP contribution in [0.5, 0.6) is 0 Å². The van der Waals surface area contributed by atoms with Crippen molar-refractivity contribution in [1.82, 2.24) is 0 Å². The van der Waals surface area contributed by atoms with Gasteiger partial charge in [0.05, 0.1) is 15.6 Å². The molecule has 2 rings (SSSR count). The molecule has 4 nitrogen and oxygen atoms in total. The van der Waals surface area contributed by atoms with Crippen molar-refractivity contribution < 1.29 is 13.2 Å². The smallest absolute Gasteiger partial charge is 0.297 e. The first-order chi connectivity index (χ1) is 10.6. The maximum atomic E-state index is 12.8. The summed E-state index contributed by atoms with van der Waals surface area (Å²) in [5, 5.41) is 16.7. The van der Waals surface area contributed by atoms with Gasteiger partial charge in [0.2, 0.25) is 0 Å². The molecule has 0 aromatic heterocycles. The summed E-state index contributed by atoms with van der Waals surface area (Å²) in [7, 11) is 0. The first kappa shape index (κ1) is 18.1. The van der Waals surface area contributed by atoms with Gasteiger partial charge in [0.1, 0.15) is 16.7 Å². The Morgan fingerprint density at radius 3 is 2.35 bits per heavy atom. The van der Waals surface area contributed by atoms with Crippen LogP contribution in [0.4, 0.5) is 13.2 Å². The van der Waals surface area contributed by atoms with Gasteiger partial charge in [-0.15, -0.1) is 16.9 Å². The summed E-state index contributed by atoms with van der Waals surface area (Å²) >= 11 is 13.1. The van der Waals surface area contributed by atoms with Crippen LogP contribution < -0.4 is 5.73 Å². The molecule has 1 aliphatic rings. The predicted octanol–water partition coefficient (Wildman–Crippen LogP) is 5.08. The normalized spacial score (nSPS) is 21.0. The molecule has 1 heterocycles. The van der Waals surface area contributed by atoms with E-state index in [4.69, 9.17) is 28.9 Å². The van der Waals surface area contributed by atoms with Gasteiger partial charge in [-0.05, 0) is 17.9 Å². The lowest BCUT2D eigenvalue weighted by Gasteiger charge is -2.23. The number of benzene rings is 1. The van der Waals surface area contributed by atoms with Crippen LogP contribution in [0.2, 0.25) is 10.0 Å². The van der Waals surface area contributed by atoms with Gasteiger partial charge in [-0.1, -0.05) is 30.1 Å². The number of hydrogen-bond acceptors (Lipinski definition) is 5. The third-order valence-corrected chi connectivity index (χ3v) is 4.48. The summed E-state index contributed by atoms with van der Waals surface area (Å²) in [4.78, 5) is 0. The van der Waals surface area contributed by atoms with Crippen LogP contribution >= 0.6 is 35.0 Å². The second-order valence-corrected chi connectivity index (χ2v) is 6.57. The van der Waals surface area contributed by atoms with Crippen LogP contribution in [0, 0.1) is 11.3 Å². The molecule has 0 amide bonds. The number of halogens is 5. The van der Waals surface area contributed by atoms with Gasteiger partial charge in [0, 0.05) is 5.56 Å². The third kappa shape index (κ3) is 3.19. The number of hydrogen-bond donors (Lipinski definition) is 1. The van der Waals surface area contributed by atoms with Crippen molar-refractivity contribution >= 4 is 35.0 Å². The van der Waals surface area contributed by atoms with E-state index in [1.165, 1.54) is 11.8 Å². The molecule has 1 atom stereocenters. The Hall–Kier alpha value is -1.27. The molecule has 1 aromatic rings. The molecule has 122 valence electrons. The van der Waals surface area contributed by atoms with Crippen molar-refractivity contribution in [3.63, 3.8) is 0 Å². The quantitative estimate of drug-likeness (QED) is 0.794. The Morgan fingerprint density at radius 2 is 1.91 bits per heavy atom. The number of alkyl halides is 3. The van der Waals surface area contributed by atoms with Crippen LogP contribution in [0.25, 0.3) is 0 Å². The van der Waals surface area contributed by atoms with Crippen molar-refractivity contribution in [2.24, 2.45) is 16.0 Å². The van der Waals surface area contributed by atoms with E-state index < -0.39 is 17.4 Å². The first-order valence-electron chi connectivity index (χ1n) is 6.21. The number of nitrogens with zero attached hydrogens (tertiary/aromatic N) is 3. The zero-order chi connectivity index (χ0) is 17.4. The van der Waals surface area contributed by atoms with Crippen LogP contribution in [0.15, 0.2) is 33.0 Å². The van der Waals surface area contributed by atoms with Gasteiger partial charge in [-0.2, -0.15) is 23.5 Å². The summed E-state index contributed by atoms with van der Waals surface area (Å²) in [6.45, 7) is 1.84. The van der Waals surface area contributed by atoms with Gasteiger partial charge in [0.25, 0.3) is 0 Å². The summed E-state index contributed by atoms with van der Waals surface area (Å²) in [5.74, 6) is 0.615. The molecule has 0 radical (unpaired) electrons. The minimum Gasteiger partial charge on any atom is -0.297 e. The van der Waals surface area contributed by atoms with Gasteiger partial charge in [0.15, 0.2) is 5.66 Å². The van der Waals surface area contributed by atoms with Gasteiger partial charge < -0.3 is 0 Å². The SMILES string of the molecule is CCSC1=C(C#N)C(N)(c2c(Cl)cc(C(F)(F)F)cc2Cl)N=N1. The average molecular weight is 381 g/mol. The Bertz CT molecular complexity index is 732. The van der Waals surface area contributed by atoms with Crippen molar-refractivity contribution in [3.8, 4) is 6.07 Å². The minimum atomic E-state index is -4.61. The van der Waals surface area contributed by atoms with Crippen molar-refractivity contribution in [2.45, 2.75) is 18.8 Å². The number of nitrogens with two attached hydrogens (primary N) is 1. The Morgan fingerprint density at radius 1 is 1.35 bits per heavy atom. The Labute approximate surface area is 144 Å². The monoisotopic (exact) mass is 380 g/mol. The molecule has 1 unspecified atom stereocenters. The van der Waals surface area contributed by atoms with E-state index in [2.05, 4.69) is 10.2 Å². The fourth-order valence-electron chi connectivity index (χ4n) is 2.03. The summed E-state index contributed by atoms with van der Waals surface area (Å²) < 4.78 is 38.4. The fourth-order valence-corrected chi connectivity index (χ4v) is 3.53. The lowest BCUT2D eigenvalue weighted by Crippen LogP contribution is -2.35. The van der Waals surface area contributed by atoms with Gasteiger partial charge in [-0.25, -0.2) is 0 Å². The molecule has 10 heteroatoms. The molecule has 0 saturated carbocycles. The first-order valence-corrected chi connectivity index (χ1v) is 7.95. The van der Waals surface area contributed by atoms with Crippen LogP contribution in [-0.2, 0) is 11.8 Å². The molecule has 0 saturated heterocycles. The van der Waals surface area contributed by atoms with Crippen LogP contribution in [0.1, 0.15) is 18.1 Å². The second-order valence-electron chi connectivity index (χ2n) is 4.50. The van der Waals surface area contributed by atoms with E-state index in [0.29, 0.717) is 22.9 Å². The summed E-state index contributed by atoms with van der Waals surface area (Å²) in [6.07, 6.45) is -4.61. The van der Waals surface area contributed by atoms with Crippen LogP contribution in [-0.4, -0.2) is 5.75 Å². The number of thioether (sulfide) groups is 1. The molecule has 0 bridgehead atoms. The van der Waals surface area contributed by atoms with E-state index in [0.717, 1.165) is 0 Å². The topological polar surface area (TPSA) is 74.5 Å². The van der Waals surface area contributed by atoms with Gasteiger partial charge in [-0.3, -0.25) is 5.73 Å². The highest BCUT2D eigenvalue weighted by Gasteiger charge is 2.43. The standard InChI is InChI=1S/C13H9Cl2F3N4S/c1-2-23-11-7(5-19)12(20,22-21-11)10-8(14)3-6(4-9(10)15)13(16,17)18/h3-4H,2,20H2,1H3. The Balaban J connectivity index is 2.64. The van der Waals surface area contributed by atoms with E-state index in [9.17, 15) is 18.4 Å². The molecule has 0 aliphatic carbocycles. The summed E-state index contributed by atoms with van der Waals surface area (Å²) in [5.41, 5.74) is 3.21. The molecule has 1 aliphatic heterocycles. The van der Waals surface area contributed by atoms with E-state index in [-0.39, 0.29) is 21.2 Å². The highest BCUT2D eigenvalue weighted by atomic mass is 35.5. The average Bonchev–Trinajstić information content (AvgIpc) is 2.74. The molecule has 1 aromatic carbocycles. The lowest BCUT2D eigenvalue weighted by molar-refractivity contribution is -0.137. The maximum Gasteiger partial charge on any atom is 0.416 e. The molecular weight excluding hydrogens is 372 g/mol. The molecule has 2 N–H and O–H groups in total. The van der Waals surface area contributed by atoms with E-state index >= 15 is 0 Å². The second kappa shape index (κ2) is 6.32. The highest BCUT2D eigenvalue weighted by molar-refractivity contribution is 8.03. The molecule has 0 spiro atoms.